The number of ether oxygens (including phenoxy) is 1. The van der Waals surface area contributed by atoms with E-state index in [1.807, 2.05) is 22.6 Å². The Hall–Kier alpha value is -1.24. The average molecular weight is 449 g/mol. The highest BCUT2D eigenvalue weighted by molar-refractivity contribution is 14.1. The van der Waals surface area contributed by atoms with Crippen LogP contribution >= 0.6 is 22.6 Å². The van der Waals surface area contributed by atoms with Crippen LogP contribution in [0.2, 0.25) is 0 Å². The summed E-state index contributed by atoms with van der Waals surface area (Å²) in [5, 5.41) is 42.7. The van der Waals surface area contributed by atoms with Crippen LogP contribution in [0.3, 0.4) is 0 Å². The fraction of sp³-hybridized carbons (Fsp3) is 0.400. The van der Waals surface area contributed by atoms with E-state index < -0.39 is 42.9 Å². The Labute approximate surface area is 149 Å². The van der Waals surface area contributed by atoms with Crippen molar-refractivity contribution in [3.63, 3.8) is 0 Å². The van der Waals surface area contributed by atoms with Gasteiger partial charge in [0.15, 0.2) is 6.29 Å². The lowest BCUT2D eigenvalue weighted by molar-refractivity contribution is -0.245. The van der Waals surface area contributed by atoms with Gasteiger partial charge in [-0.25, -0.2) is 4.79 Å². The molecule has 1 aliphatic rings. The molecule has 0 radical (unpaired) electrons. The van der Waals surface area contributed by atoms with E-state index in [0.29, 0.717) is 11.3 Å². The lowest BCUT2D eigenvalue weighted by Crippen LogP contribution is -2.61. The second-order valence-electron chi connectivity index (χ2n) is 5.52. The number of nitrogens with one attached hydrogen (secondary N) is 1. The van der Waals surface area contributed by atoms with Crippen LogP contribution in [0.5, 0.6) is 0 Å². The van der Waals surface area contributed by atoms with E-state index in [4.69, 9.17) is 14.3 Å². The van der Waals surface area contributed by atoms with E-state index >= 15 is 0 Å². The summed E-state index contributed by atoms with van der Waals surface area (Å²) in [6.45, 7) is -0.526. The highest BCUT2D eigenvalue weighted by Gasteiger charge is 2.43. The van der Waals surface area contributed by atoms with Crippen LogP contribution < -0.4 is 10.9 Å². The number of fused-ring (bicyclic) bond motifs is 1. The first-order valence-corrected chi connectivity index (χ1v) is 8.29. The molecule has 5 N–H and O–H groups in total. The maximum absolute atomic E-state index is 11.5. The van der Waals surface area contributed by atoms with Crippen molar-refractivity contribution in [2.75, 3.05) is 11.9 Å². The van der Waals surface area contributed by atoms with E-state index in [0.717, 1.165) is 8.96 Å². The Morgan fingerprint density at radius 3 is 2.62 bits per heavy atom. The molecule has 3 unspecified atom stereocenters. The number of aliphatic hydroxyl groups is 4. The van der Waals surface area contributed by atoms with Gasteiger partial charge < -0.3 is 34.9 Å². The monoisotopic (exact) mass is 449 g/mol. The Balaban J connectivity index is 1.88. The molecule has 3 rings (SSSR count). The second-order valence-corrected chi connectivity index (χ2v) is 6.69. The third-order valence-electron chi connectivity index (χ3n) is 3.93. The quantitative estimate of drug-likeness (QED) is 0.316. The fourth-order valence-electron chi connectivity index (χ4n) is 2.66. The minimum Gasteiger partial charge on any atom is -0.423 e. The maximum Gasteiger partial charge on any atom is 0.337 e. The van der Waals surface area contributed by atoms with E-state index in [-0.39, 0.29) is 0 Å². The van der Waals surface area contributed by atoms with Gasteiger partial charge in [-0.3, -0.25) is 0 Å². The lowest BCUT2D eigenvalue weighted by Gasteiger charge is -2.40. The molecule has 0 saturated carbocycles. The van der Waals surface area contributed by atoms with Gasteiger partial charge in [0.1, 0.15) is 29.9 Å². The van der Waals surface area contributed by atoms with Gasteiger partial charge in [0.25, 0.3) is 0 Å². The number of anilines is 1. The predicted octanol–water partition coefficient (Wildman–Crippen LogP) is -0.391. The van der Waals surface area contributed by atoms with Gasteiger partial charge in [-0.05, 0) is 34.7 Å². The third kappa shape index (κ3) is 3.27. The molecule has 1 fully saturated rings. The zero-order valence-electron chi connectivity index (χ0n) is 12.3. The molecule has 24 heavy (non-hydrogen) atoms. The largest absolute Gasteiger partial charge is 0.423 e. The molecule has 9 heteroatoms. The van der Waals surface area contributed by atoms with Crippen molar-refractivity contribution in [3.05, 3.63) is 38.3 Å². The van der Waals surface area contributed by atoms with Gasteiger partial charge in [0, 0.05) is 26.8 Å². The summed E-state index contributed by atoms with van der Waals surface area (Å²) in [5.41, 5.74) is 0.340. The number of hydrogen-bond acceptors (Lipinski definition) is 8. The topological polar surface area (TPSA) is 132 Å². The molecule has 2 heterocycles. The molecule has 0 aliphatic carbocycles. The summed E-state index contributed by atoms with van der Waals surface area (Å²) in [5.74, 6) is 0. The highest BCUT2D eigenvalue weighted by atomic mass is 127. The zero-order valence-corrected chi connectivity index (χ0v) is 14.5. The summed E-state index contributed by atoms with van der Waals surface area (Å²) in [7, 11) is 0. The standard InChI is InChI=1S/C15H16INO7/c16-8-4-11(19)23-9-3-6(1-2-7(8)9)17-12-14(21)13(20)10(5-18)24-15(12)22/h1-4,10,12-15,17-18,20-22H,5H2/t10?,12-,13+,14?,15?/m0/s1. The van der Waals surface area contributed by atoms with E-state index in [2.05, 4.69) is 5.32 Å². The summed E-state index contributed by atoms with van der Waals surface area (Å²) >= 11 is 2.03. The second kappa shape index (κ2) is 6.94. The third-order valence-corrected chi connectivity index (χ3v) is 4.82. The molecule has 0 bridgehead atoms. The molecular weight excluding hydrogens is 433 g/mol. The van der Waals surface area contributed by atoms with Crippen LogP contribution in [-0.4, -0.2) is 57.7 Å². The Morgan fingerprint density at radius 1 is 1.17 bits per heavy atom. The van der Waals surface area contributed by atoms with Gasteiger partial charge >= 0.3 is 5.63 Å². The van der Waals surface area contributed by atoms with Crippen molar-refractivity contribution in [2.24, 2.45) is 0 Å². The molecule has 8 nitrogen and oxygen atoms in total. The highest BCUT2D eigenvalue weighted by Crippen LogP contribution is 2.26. The van der Waals surface area contributed by atoms with Crippen LogP contribution in [0.4, 0.5) is 5.69 Å². The Bertz CT molecular complexity index is 795. The van der Waals surface area contributed by atoms with Crippen molar-refractivity contribution >= 4 is 39.2 Å². The number of halogens is 1. The molecule has 1 saturated heterocycles. The molecule has 1 aliphatic heterocycles. The van der Waals surface area contributed by atoms with E-state index in [1.54, 1.807) is 18.2 Å². The van der Waals surface area contributed by atoms with Gasteiger partial charge in [-0.2, -0.15) is 0 Å². The summed E-state index contributed by atoms with van der Waals surface area (Å²) < 4.78 is 11.0. The fourth-order valence-corrected chi connectivity index (χ4v) is 3.36. The van der Waals surface area contributed by atoms with Crippen molar-refractivity contribution in [1.29, 1.82) is 0 Å². The van der Waals surface area contributed by atoms with Crippen molar-refractivity contribution in [3.8, 4) is 0 Å². The van der Waals surface area contributed by atoms with Crippen LogP contribution in [0.1, 0.15) is 0 Å². The first-order chi connectivity index (χ1) is 11.4. The molecule has 0 amide bonds. The Morgan fingerprint density at radius 2 is 1.92 bits per heavy atom. The first kappa shape index (κ1) is 17.6. The molecule has 1 aromatic carbocycles. The van der Waals surface area contributed by atoms with Crippen molar-refractivity contribution in [1.82, 2.24) is 0 Å². The molecule has 2 aromatic rings. The van der Waals surface area contributed by atoms with Crippen LogP contribution in [0.25, 0.3) is 11.0 Å². The predicted molar refractivity (Wildman–Crippen MR) is 92.6 cm³/mol. The molecular formula is C15H16INO7. The molecule has 0 spiro atoms. The number of rotatable bonds is 3. The van der Waals surface area contributed by atoms with Crippen molar-refractivity contribution in [2.45, 2.75) is 30.6 Å². The van der Waals surface area contributed by atoms with Gasteiger partial charge in [0.2, 0.25) is 0 Å². The normalized spacial score (nSPS) is 30.5. The average Bonchev–Trinajstić information content (AvgIpc) is 2.54. The molecule has 5 atom stereocenters. The minimum atomic E-state index is -1.43. The van der Waals surface area contributed by atoms with E-state index in [1.165, 1.54) is 6.07 Å². The number of aliphatic hydroxyl groups excluding tert-OH is 4. The maximum atomic E-state index is 11.5. The summed E-state index contributed by atoms with van der Waals surface area (Å²) in [4.78, 5) is 11.5. The molecule has 1 aromatic heterocycles. The SMILES string of the molecule is O=c1cc(I)c2ccc(N[C@@H]3C(O)OC(CO)[C@@H](O)C3O)cc2o1. The number of hydrogen-bond donors (Lipinski definition) is 5. The Kier molecular flexibility index (Phi) is 5.08. The van der Waals surface area contributed by atoms with Gasteiger partial charge in [-0.15, -0.1) is 0 Å². The summed E-state index contributed by atoms with van der Waals surface area (Å²) in [6, 6.07) is 5.34. The van der Waals surface area contributed by atoms with Crippen LogP contribution in [0.15, 0.2) is 33.5 Å². The minimum absolute atomic E-state index is 0.353. The zero-order chi connectivity index (χ0) is 17.4. The van der Waals surface area contributed by atoms with Crippen molar-refractivity contribution < 1.29 is 29.6 Å². The van der Waals surface area contributed by atoms with Gasteiger partial charge in [0.05, 0.1) is 6.61 Å². The molecule has 130 valence electrons. The van der Waals surface area contributed by atoms with Crippen LogP contribution in [-0.2, 0) is 4.74 Å². The number of benzene rings is 1. The smallest absolute Gasteiger partial charge is 0.337 e. The van der Waals surface area contributed by atoms with E-state index in [9.17, 15) is 20.1 Å². The summed E-state index contributed by atoms with van der Waals surface area (Å²) in [6.07, 6.45) is -5.21. The first-order valence-electron chi connectivity index (χ1n) is 7.21. The van der Waals surface area contributed by atoms with Crippen LogP contribution in [0, 0.1) is 3.57 Å². The van der Waals surface area contributed by atoms with Gasteiger partial charge in [-0.1, -0.05) is 0 Å². The lowest BCUT2D eigenvalue weighted by atomic mass is 9.97.